The lowest BCUT2D eigenvalue weighted by molar-refractivity contribution is 0.433. The van der Waals surface area contributed by atoms with Crippen molar-refractivity contribution in [2.75, 3.05) is 5.73 Å². The minimum absolute atomic E-state index is 0.287. The van der Waals surface area contributed by atoms with Gasteiger partial charge in [-0.2, -0.15) is 5.26 Å². The third kappa shape index (κ3) is 3.82. The van der Waals surface area contributed by atoms with Crippen molar-refractivity contribution >= 4 is 29.2 Å². The Kier molecular flexibility index (Phi) is 5.60. The van der Waals surface area contributed by atoms with Gasteiger partial charge in [0.1, 0.15) is 17.5 Å². The summed E-state index contributed by atoms with van der Waals surface area (Å²) in [5.74, 6) is 1.28. The molecule has 0 aliphatic heterocycles. The fraction of sp³-hybridized carbons (Fsp3) is 0.389. The monoisotopic (exact) mass is 358 g/mol. The lowest BCUT2D eigenvalue weighted by atomic mass is 9.85. The zero-order chi connectivity index (χ0) is 16.9. The lowest BCUT2D eigenvalue weighted by Gasteiger charge is -2.22. The maximum Gasteiger partial charge on any atom is 0.190 e. The van der Waals surface area contributed by atoms with Crippen LogP contribution in [0.3, 0.4) is 0 Å². The molecule has 0 amide bonds. The SMILES string of the molecule is N#Cc1c(N)nc(SCc2ccccc2Cl)nc1C1CCCCC1. The van der Waals surface area contributed by atoms with Crippen LogP contribution in [0.4, 0.5) is 5.82 Å². The van der Waals surface area contributed by atoms with Gasteiger partial charge in [0.15, 0.2) is 5.16 Å². The molecule has 0 spiro atoms. The molecule has 4 nitrogen and oxygen atoms in total. The first kappa shape index (κ1) is 17.1. The molecule has 1 heterocycles. The average molecular weight is 359 g/mol. The van der Waals surface area contributed by atoms with E-state index in [4.69, 9.17) is 17.3 Å². The molecule has 1 saturated carbocycles. The maximum atomic E-state index is 9.43. The lowest BCUT2D eigenvalue weighted by Crippen LogP contribution is -2.12. The Morgan fingerprint density at radius 1 is 1.21 bits per heavy atom. The summed E-state index contributed by atoms with van der Waals surface area (Å²) in [6, 6.07) is 9.93. The van der Waals surface area contributed by atoms with Crippen LogP contribution >= 0.6 is 23.4 Å². The van der Waals surface area contributed by atoms with Crippen molar-refractivity contribution in [3.8, 4) is 6.07 Å². The van der Waals surface area contributed by atoms with E-state index in [0.29, 0.717) is 22.4 Å². The van der Waals surface area contributed by atoms with Crippen LogP contribution in [0, 0.1) is 11.3 Å². The molecule has 3 rings (SSSR count). The molecular formula is C18H19ClN4S. The van der Waals surface area contributed by atoms with Gasteiger partial charge in [-0.1, -0.05) is 60.8 Å². The number of nitriles is 1. The number of hydrogen-bond donors (Lipinski definition) is 1. The van der Waals surface area contributed by atoms with E-state index in [-0.39, 0.29) is 5.82 Å². The summed E-state index contributed by atoms with van der Waals surface area (Å²) < 4.78 is 0. The number of rotatable bonds is 4. The van der Waals surface area contributed by atoms with Crippen LogP contribution in [0.2, 0.25) is 5.02 Å². The molecule has 0 radical (unpaired) electrons. The Morgan fingerprint density at radius 2 is 1.96 bits per heavy atom. The molecule has 6 heteroatoms. The van der Waals surface area contributed by atoms with Crippen LogP contribution < -0.4 is 5.73 Å². The molecule has 1 aliphatic rings. The number of aromatic nitrogens is 2. The summed E-state index contributed by atoms with van der Waals surface area (Å²) in [7, 11) is 0. The number of halogens is 1. The zero-order valence-electron chi connectivity index (χ0n) is 13.3. The normalized spacial score (nSPS) is 15.2. The topological polar surface area (TPSA) is 75.6 Å². The van der Waals surface area contributed by atoms with Gasteiger partial charge in [-0.15, -0.1) is 0 Å². The highest BCUT2D eigenvalue weighted by atomic mass is 35.5. The van der Waals surface area contributed by atoms with Crippen molar-refractivity contribution in [3.63, 3.8) is 0 Å². The third-order valence-electron chi connectivity index (χ3n) is 4.36. The quantitative estimate of drug-likeness (QED) is 0.619. The van der Waals surface area contributed by atoms with Crippen LogP contribution in [0.5, 0.6) is 0 Å². The molecule has 1 aromatic heterocycles. The van der Waals surface area contributed by atoms with Gasteiger partial charge in [0.05, 0.1) is 5.69 Å². The second-order valence-electron chi connectivity index (χ2n) is 5.98. The summed E-state index contributed by atoms with van der Waals surface area (Å²) >= 11 is 7.70. The number of anilines is 1. The minimum atomic E-state index is 0.287. The van der Waals surface area contributed by atoms with Gasteiger partial charge in [-0.3, -0.25) is 0 Å². The van der Waals surface area contributed by atoms with Crippen molar-refractivity contribution in [3.05, 3.63) is 46.1 Å². The molecule has 0 unspecified atom stereocenters. The van der Waals surface area contributed by atoms with Crippen molar-refractivity contribution in [2.45, 2.75) is 48.9 Å². The van der Waals surface area contributed by atoms with Gasteiger partial charge >= 0.3 is 0 Å². The van der Waals surface area contributed by atoms with Crippen LogP contribution in [-0.2, 0) is 5.75 Å². The van der Waals surface area contributed by atoms with Gasteiger partial charge in [-0.25, -0.2) is 9.97 Å². The highest BCUT2D eigenvalue weighted by Crippen LogP contribution is 2.35. The van der Waals surface area contributed by atoms with E-state index in [1.807, 2.05) is 24.3 Å². The number of nitrogens with two attached hydrogens (primary N) is 1. The van der Waals surface area contributed by atoms with Gasteiger partial charge in [0.2, 0.25) is 0 Å². The predicted molar refractivity (Wildman–Crippen MR) is 98.0 cm³/mol. The fourth-order valence-corrected chi connectivity index (χ4v) is 4.23. The Balaban J connectivity index is 1.85. The second kappa shape index (κ2) is 7.87. The first-order chi connectivity index (χ1) is 11.7. The number of hydrogen-bond acceptors (Lipinski definition) is 5. The van der Waals surface area contributed by atoms with Crippen LogP contribution in [0.1, 0.15) is 54.8 Å². The fourth-order valence-electron chi connectivity index (χ4n) is 3.08. The van der Waals surface area contributed by atoms with E-state index in [9.17, 15) is 5.26 Å². The highest BCUT2D eigenvalue weighted by Gasteiger charge is 2.23. The van der Waals surface area contributed by atoms with Crippen molar-refractivity contribution in [2.24, 2.45) is 0 Å². The van der Waals surface area contributed by atoms with E-state index in [1.165, 1.54) is 31.0 Å². The van der Waals surface area contributed by atoms with E-state index >= 15 is 0 Å². The number of nitrogens with zero attached hydrogens (tertiary/aromatic N) is 3. The van der Waals surface area contributed by atoms with Crippen molar-refractivity contribution in [1.29, 1.82) is 5.26 Å². The number of benzene rings is 1. The van der Waals surface area contributed by atoms with E-state index < -0.39 is 0 Å². The van der Waals surface area contributed by atoms with Crippen molar-refractivity contribution < 1.29 is 0 Å². The second-order valence-corrected chi connectivity index (χ2v) is 7.33. The van der Waals surface area contributed by atoms with Crippen LogP contribution in [0.25, 0.3) is 0 Å². The van der Waals surface area contributed by atoms with Crippen molar-refractivity contribution in [1.82, 2.24) is 9.97 Å². The molecule has 24 heavy (non-hydrogen) atoms. The smallest absolute Gasteiger partial charge is 0.190 e. The predicted octanol–water partition coefficient (Wildman–Crippen LogP) is 4.92. The Hall–Kier alpha value is -1.77. The molecule has 2 N–H and O–H groups in total. The van der Waals surface area contributed by atoms with Crippen LogP contribution in [-0.4, -0.2) is 9.97 Å². The van der Waals surface area contributed by atoms with Gasteiger partial charge in [0.25, 0.3) is 0 Å². The summed E-state index contributed by atoms with van der Waals surface area (Å²) in [5.41, 5.74) is 8.34. The van der Waals surface area contributed by atoms with Gasteiger partial charge in [0, 0.05) is 16.7 Å². The molecular weight excluding hydrogens is 340 g/mol. The number of thioether (sulfide) groups is 1. The molecule has 0 atom stereocenters. The Labute approximate surface area is 151 Å². The standard InChI is InChI=1S/C18H19ClN4S/c19-15-9-5-4-8-13(15)11-24-18-22-16(12-6-2-1-3-7-12)14(10-20)17(21)23-18/h4-5,8-9,12H,1-3,6-7,11H2,(H2,21,22,23). The molecule has 1 aliphatic carbocycles. The minimum Gasteiger partial charge on any atom is -0.382 e. The summed E-state index contributed by atoms with van der Waals surface area (Å²) in [4.78, 5) is 8.99. The third-order valence-corrected chi connectivity index (χ3v) is 5.63. The summed E-state index contributed by atoms with van der Waals surface area (Å²) in [6.45, 7) is 0. The molecule has 0 saturated heterocycles. The van der Waals surface area contributed by atoms with E-state index in [1.54, 1.807) is 0 Å². The van der Waals surface area contributed by atoms with E-state index in [0.717, 1.165) is 29.1 Å². The average Bonchev–Trinajstić information content (AvgIpc) is 2.61. The zero-order valence-corrected chi connectivity index (χ0v) is 14.9. The Bertz CT molecular complexity index is 766. The van der Waals surface area contributed by atoms with Crippen LogP contribution in [0.15, 0.2) is 29.4 Å². The molecule has 0 bridgehead atoms. The van der Waals surface area contributed by atoms with Gasteiger partial charge < -0.3 is 5.73 Å². The first-order valence-corrected chi connectivity index (χ1v) is 9.49. The molecule has 124 valence electrons. The highest BCUT2D eigenvalue weighted by molar-refractivity contribution is 7.98. The Morgan fingerprint density at radius 3 is 2.67 bits per heavy atom. The largest absolute Gasteiger partial charge is 0.382 e. The van der Waals surface area contributed by atoms with E-state index in [2.05, 4.69) is 16.0 Å². The first-order valence-electron chi connectivity index (χ1n) is 8.12. The molecule has 1 fully saturated rings. The maximum absolute atomic E-state index is 9.43. The molecule has 1 aromatic carbocycles. The summed E-state index contributed by atoms with van der Waals surface area (Å²) in [6.07, 6.45) is 5.76. The van der Waals surface area contributed by atoms with Gasteiger partial charge in [-0.05, 0) is 24.5 Å². The molecule has 2 aromatic rings. The number of nitrogen functional groups attached to an aromatic ring is 1. The summed E-state index contributed by atoms with van der Waals surface area (Å²) in [5, 5.41) is 10.8.